The van der Waals surface area contributed by atoms with Gasteiger partial charge in [-0.1, -0.05) is 26.8 Å². The molecule has 1 heterocycles. The topological polar surface area (TPSA) is 62.5 Å². The summed E-state index contributed by atoms with van der Waals surface area (Å²) in [4.78, 5) is 8.41. The Hall–Kier alpha value is -1.71. The Morgan fingerprint density at radius 2 is 1.96 bits per heavy atom. The van der Waals surface area contributed by atoms with E-state index in [1.165, 1.54) is 18.2 Å². The minimum absolute atomic E-state index is 0. The van der Waals surface area contributed by atoms with Gasteiger partial charge in [0.25, 0.3) is 0 Å². The van der Waals surface area contributed by atoms with E-state index < -0.39 is 11.6 Å². The maximum Gasteiger partial charge on any atom is 0.213 e. The van der Waals surface area contributed by atoms with Crippen LogP contribution in [0.15, 0.2) is 33.8 Å². The summed E-state index contributed by atoms with van der Waals surface area (Å²) < 4.78 is 33.5. The fourth-order valence-corrected chi connectivity index (χ4v) is 2.81. The van der Waals surface area contributed by atoms with Gasteiger partial charge in [0.15, 0.2) is 5.96 Å². The maximum absolute atomic E-state index is 13.9. The van der Waals surface area contributed by atoms with Crippen LogP contribution in [0, 0.1) is 11.6 Å². The minimum Gasteiger partial charge on any atom is -0.443 e. The molecule has 0 amide bonds. The van der Waals surface area contributed by atoms with Crippen molar-refractivity contribution in [3.63, 3.8) is 0 Å². The molecule has 27 heavy (non-hydrogen) atoms. The predicted octanol–water partition coefficient (Wildman–Crippen LogP) is 4.09. The van der Waals surface area contributed by atoms with E-state index in [1.807, 2.05) is 0 Å². The van der Waals surface area contributed by atoms with Crippen molar-refractivity contribution in [2.24, 2.45) is 4.99 Å². The largest absolute Gasteiger partial charge is 0.443 e. The van der Waals surface area contributed by atoms with Crippen LogP contribution < -0.4 is 10.6 Å². The zero-order valence-corrected chi connectivity index (χ0v) is 18.2. The van der Waals surface area contributed by atoms with Crippen molar-refractivity contribution in [2.75, 3.05) is 7.05 Å². The highest BCUT2D eigenvalue weighted by Gasteiger charge is 2.42. The minimum atomic E-state index is -0.503. The van der Waals surface area contributed by atoms with Gasteiger partial charge in [-0.15, -0.1) is 24.0 Å². The number of nitrogens with one attached hydrogen (secondary N) is 2. The highest BCUT2D eigenvalue weighted by atomic mass is 127. The average Bonchev–Trinajstić information content (AvgIpc) is 3.12. The number of halogens is 3. The van der Waals surface area contributed by atoms with Crippen LogP contribution >= 0.6 is 24.0 Å². The summed E-state index contributed by atoms with van der Waals surface area (Å²) in [6.07, 6.45) is 2.39. The average molecular weight is 490 g/mol. The number of aromatic nitrogens is 1. The molecule has 5 nitrogen and oxygen atoms in total. The second-order valence-corrected chi connectivity index (χ2v) is 7.52. The molecule has 1 fully saturated rings. The van der Waals surface area contributed by atoms with E-state index in [0.717, 1.165) is 5.76 Å². The third-order valence-electron chi connectivity index (χ3n) is 4.41. The van der Waals surface area contributed by atoms with Gasteiger partial charge in [0.05, 0.1) is 12.7 Å². The molecule has 0 bridgehead atoms. The summed E-state index contributed by atoms with van der Waals surface area (Å²) >= 11 is 0. The van der Waals surface area contributed by atoms with Gasteiger partial charge < -0.3 is 15.1 Å². The molecule has 3 rings (SSSR count). The molecule has 2 N–H and O–H groups in total. The Balaban J connectivity index is 0.00000261. The Kier molecular flexibility index (Phi) is 6.82. The second kappa shape index (κ2) is 8.53. The molecule has 8 heteroatoms. The van der Waals surface area contributed by atoms with Crippen LogP contribution in [0.2, 0.25) is 0 Å². The molecular weight excluding hydrogens is 465 g/mol. The summed E-state index contributed by atoms with van der Waals surface area (Å²) in [5.74, 6) is 0.724. The number of hydrogen-bond acceptors (Lipinski definition) is 3. The fraction of sp³-hybridized carbons (Fsp3) is 0.474. The first-order valence-electron chi connectivity index (χ1n) is 8.66. The number of oxazole rings is 1. The maximum atomic E-state index is 13.9. The number of hydrogen-bond donors (Lipinski definition) is 2. The molecule has 0 radical (unpaired) electrons. The lowest BCUT2D eigenvalue weighted by atomic mass is 9.94. The smallest absolute Gasteiger partial charge is 0.213 e. The number of rotatable bonds is 4. The van der Waals surface area contributed by atoms with Crippen LogP contribution in [0.4, 0.5) is 8.78 Å². The quantitative estimate of drug-likeness (QED) is 0.385. The van der Waals surface area contributed by atoms with Crippen LogP contribution in [-0.4, -0.2) is 24.0 Å². The highest BCUT2D eigenvalue weighted by molar-refractivity contribution is 14.0. The Morgan fingerprint density at radius 3 is 2.52 bits per heavy atom. The van der Waals surface area contributed by atoms with Crippen molar-refractivity contribution < 1.29 is 13.2 Å². The van der Waals surface area contributed by atoms with E-state index in [9.17, 15) is 8.78 Å². The lowest BCUT2D eigenvalue weighted by Crippen LogP contribution is -2.38. The molecule has 2 aromatic rings. The second-order valence-electron chi connectivity index (χ2n) is 7.52. The molecule has 1 saturated carbocycles. The number of guanidine groups is 1. The van der Waals surface area contributed by atoms with E-state index in [4.69, 9.17) is 4.42 Å². The van der Waals surface area contributed by atoms with Crippen molar-refractivity contribution in [3.05, 3.63) is 53.2 Å². The van der Waals surface area contributed by atoms with E-state index in [2.05, 4.69) is 41.4 Å². The first kappa shape index (κ1) is 21.6. The van der Waals surface area contributed by atoms with Gasteiger partial charge in [0.1, 0.15) is 17.4 Å². The van der Waals surface area contributed by atoms with Gasteiger partial charge >= 0.3 is 0 Å². The molecule has 2 unspecified atom stereocenters. The van der Waals surface area contributed by atoms with Crippen LogP contribution in [0.3, 0.4) is 0 Å². The molecule has 1 aliphatic carbocycles. The standard InChI is InChI=1S/C19H24F2N4O.HI/c1-19(2,3)15-9-23-16(26-15)10-24-18(22-4)25-14-8-11(14)17-12(20)6-5-7-13(17)21;/h5-7,9,11,14H,8,10H2,1-4H3,(H2,22,24,25);1H. The molecule has 148 valence electrons. The van der Waals surface area contributed by atoms with Crippen LogP contribution in [-0.2, 0) is 12.0 Å². The van der Waals surface area contributed by atoms with E-state index in [1.54, 1.807) is 13.2 Å². The van der Waals surface area contributed by atoms with Crippen molar-refractivity contribution in [2.45, 2.75) is 51.1 Å². The predicted molar refractivity (Wildman–Crippen MR) is 111 cm³/mol. The van der Waals surface area contributed by atoms with Gasteiger partial charge in [0, 0.05) is 30.0 Å². The summed E-state index contributed by atoms with van der Waals surface area (Å²) in [6.45, 7) is 6.54. The van der Waals surface area contributed by atoms with E-state index in [-0.39, 0.29) is 46.9 Å². The third kappa shape index (κ3) is 5.18. The van der Waals surface area contributed by atoms with E-state index >= 15 is 0 Å². The molecule has 1 aromatic heterocycles. The van der Waals surface area contributed by atoms with Gasteiger partial charge in [-0.05, 0) is 18.6 Å². The number of aliphatic imine (C=N–C) groups is 1. The zero-order valence-electron chi connectivity index (χ0n) is 15.8. The molecule has 0 aliphatic heterocycles. The summed E-state index contributed by atoms with van der Waals surface area (Å²) in [7, 11) is 1.65. The van der Waals surface area contributed by atoms with Crippen molar-refractivity contribution >= 4 is 29.9 Å². The number of benzene rings is 1. The summed E-state index contributed by atoms with van der Waals surface area (Å²) in [6, 6.07) is 3.90. The van der Waals surface area contributed by atoms with Crippen molar-refractivity contribution in [3.8, 4) is 0 Å². The first-order valence-corrected chi connectivity index (χ1v) is 8.66. The molecule has 0 spiro atoms. The normalized spacial score (nSPS) is 19.4. The summed E-state index contributed by atoms with van der Waals surface area (Å²) in [5, 5.41) is 6.31. The monoisotopic (exact) mass is 490 g/mol. The molecular formula is C19H25F2IN4O. The van der Waals surface area contributed by atoms with Gasteiger partial charge in [-0.3, -0.25) is 4.99 Å². The van der Waals surface area contributed by atoms with Crippen LogP contribution in [0.1, 0.15) is 50.3 Å². The zero-order chi connectivity index (χ0) is 18.9. The van der Waals surface area contributed by atoms with Gasteiger partial charge in [-0.2, -0.15) is 0 Å². The SMILES string of the molecule is CN=C(NCc1ncc(C(C)(C)C)o1)NC1CC1c1c(F)cccc1F.I. The number of nitrogens with zero attached hydrogens (tertiary/aromatic N) is 2. The highest BCUT2D eigenvalue weighted by Crippen LogP contribution is 2.43. The molecule has 1 aromatic carbocycles. The van der Waals surface area contributed by atoms with Crippen molar-refractivity contribution in [1.29, 1.82) is 0 Å². The lowest BCUT2D eigenvalue weighted by molar-refractivity contribution is 0.379. The van der Waals surface area contributed by atoms with Crippen LogP contribution in [0.25, 0.3) is 0 Å². The summed E-state index contributed by atoms with van der Waals surface area (Å²) in [5.41, 5.74) is 0.0407. The Bertz CT molecular complexity index is 796. The molecule has 1 aliphatic rings. The van der Waals surface area contributed by atoms with Crippen molar-refractivity contribution in [1.82, 2.24) is 15.6 Å². The van der Waals surface area contributed by atoms with Gasteiger partial charge in [0.2, 0.25) is 5.89 Å². The first-order chi connectivity index (χ1) is 12.3. The fourth-order valence-electron chi connectivity index (χ4n) is 2.81. The third-order valence-corrected chi connectivity index (χ3v) is 4.41. The Labute approximate surface area is 175 Å². The molecule has 0 saturated heterocycles. The van der Waals surface area contributed by atoms with Gasteiger partial charge in [-0.25, -0.2) is 13.8 Å². The van der Waals surface area contributed by atoms with Crippen LogP contribution in [0.5, 0.6) is 0 Å². The Morgan fingerprint density at radius 1 is 1.30 bits per heavy atom. The lowest BCUT2D eigenvalue weighted by Gasteiger charge is -2.13. The molecule has 2 atom stereocenters. The van der Waals surface area contributed by atoms with E-state index in [0.29, 0.717) is 24.8 Å².